The van der Waals surface area contributed by atoms with Gasteiger partial charge >= 0.3 is 5.97 Å². The van der Waals surface area contributed by atoms with Crippen LogP contribution in [0.4, 0.5) is 0 Å². The lowest BCUT2D eigenvalue weighted by Gasteiger charge is -2.42. The molecule has 1 unspecified atom stereocenters. The van der Waals surface area contributed by atoms with E-state index in [1.807, 2.05) is 60.7 Å². The summed E-state index contributed by atoms with van der Waals surface area (Å²) in [6.07, 6.45) is 0.867. The Hall–Kier alpha value is -4.17. The van der Waals surface area contributed by atoms with Crippen molar-refractivity contribution in [3.05, 3.63) is 101 Å². The second kappa shape index (κ2) is 11.0. The van der Waals surface area contributed by atoms with E-state index >= 15 is 0 Å². The number of hydrogen-bond acceptors (Lipinski definition) is 5. The molecule has 8 nitrogen and oxygen atoms in total. The summed E-state index contributed by atoms with van der Waals surface area (Å²) in [5.41, 5.74) is 9.12. The van der Waals surface area contributed by atoms with E-state index in [0.717, 1.165) is 22.3 Å². The van der Waals surface area contributed by atoms with Crippen LogP contribution in [0.2, 0.25) is 0 Å². The Bertz CT molecular complexity index is 1250. The first kappa shape index (κ1) is 24.9. The summed E-state index contributed by atoms with van der Waals surface area (Å²) in [5.74, 6) is -2.08. The van der Waals surface area contributed by atoms with E-state index in [0.29, 0.717) is 12.8 Å². The molecule has 1 aliphatic rings. The number of amides is 2. The molecule has 0 fully saturated rings. The van der Waals surface area contributed by atoms with Crippen LogP contribution in [0.3, 0.4) is 0 Å². The molecule has 3 atom stereocenters. The van der Waals surface area contributed by atoms with Crippen LogP contribution in [-0.4, -0.2) is 51.5 Å². The Morgan fingerprint density at radius 3 is 2.36 bits per heavy atom. The second-order valence-corrected chi connectivity index (χ2v) is 9.04. The average molecular weight is 488 g/mol. The molecule has 0 aromatic heterocycles. The maximum atomic E-state index is 13.5. The third-order valence-corrected chi connectivity index (χ3v) is 6.51. The van der Waals surface area contributed by atoms with Crippen molar-refractivity contribution >= 4 is 17.8 Å². The first-order valence-electron chi connectivity index (χ1n) is 11.8. The lowest BCUT2D eigenvalue weighted by molar-refractivity contribution is -0.143. The number of fused-ring (bicyclic) bond motifs is 1. The summed E-state index contributed by atoms with van der Waals surface area (Å²) in [5, 5.41) is 22.4. The van der Waals surface area contributed by atoms with Gasteiger partial charge in [0.2, 0.25) is 11.8 Å². The van der Waals surface area contributed by atoms with Crippen molar-refractivity contribution in [2.75, 3.05) is 6.54 Å². The number of aliphatic carboxylic acids is 1. The molecule has 0 saturated carbocycles. The molecule has 0 saturated heterocycles. The van der Waals surface area contributed by atoms with Gasteiger partial charge in [0.25, 0.3) is 0 Å². The summed E-state index contributed by atoms with van der Waals surface area (Å²) in [7, 11) is 0. The first-order chi connectivity index (χ1) is 17.3. The Kier molecular flexibility index (Phi) is 7.65. The predicted molar refractivity (Wildman–Crippen MR) is 134 cm³/mol. The summed E-state index contributed by atoms with van der Waals surface area (Å²) in [6, 6.07) is 21.3. The molecule has 2 amide bonds. The van der Waals surface area contributed by atoms with E-state index in [9.17, 15) is 24.6 Å². The Morgan fingerprint density at radius 1 is 0.972 bits per heavy atom. The minimum absolute atomic E-state index is 0.123. The SMILES string of the molecule is NC(=O)CN1[C@H](Cc2cccc(O)c2)c2ccccc2C[C@H]1C(=O)NC(Cc1ccccc1)C(=O)O. The quantitative estimate of drug-likeness (QED) is 0.366. The van der Waals surface area contributed by atoms with Crippen molar-refractivity contribution in [1.82, 2.24) is 10.2 Å². The normalized spacial score (nSPS) is 18.1. The number of carbonyl (C=O) groups is 3. The number of rotatable bonds is 9. The van der Waals surface area contributed by atoms with Gasteiger partial charge in [-0.3, -0.25) is 14.5 Å². The molecule has 3 aromatic rings. The van der Waals surface area contributed by atoms with E-state index in [2.05, 4.69) is 5.32 Å². The van der Waals surface area contributed by atoms with Crippen LogP contribution in [-0.2, 0) is 33.6 Å². The van der Waals surface area contributed by atoms with E-state index in [-0.39, 0.29) is 24.8 Å². The van der Waals surface area contributed by atoms with E-state index in [4.69, 9.17) is 5.73 Å². The Morgan fingerprint density at radius 2 is 1.67 bits per heavy atom. The molecule has 186 valence electrons. The van der Waals surface area contributed by atoms with Gasteiger partial charge in [-0.25, -0.2) is 4.79 Å². The van der Waals surface area contributed by atoms with Crippen molar-refractivity contribution in [2.24, 2.45) is 5.73 Å². The average Bonchev–Trinajstić information content (AvgIpc) is 2.85. The number of nitrogens with one attached hydrogen (secondary N) is 1. The van der Waals surface area contributed by atoms with Gasteiger partial charge in [0.15, 0.2) is 0 Å². The van der Waals surface area contributed by atoms with Crippen LogP contribution in [0.1, 0.15) is 28.3 Å². The molecule has 0 radical (unpaired) electrons. The molecule has 0 spiro atoms. The Balaban J connectivity index is 1.65. The number of phenolic OH excluding ortho intramolecular Hbond substituents is 1. The highest BCUT2D eigenvalue weighted by atomic mass is 16.4. The summed E-state index contributed by atoms with van der Waals surface area (Å²) < 4.78 is 0. The first-order valence-corrected chi connectivity index (χ1v) is 11.8. The highest BCUT2D eigenvalue weighted by molar-refractivity contribution is 5.88. The van der Waals surface area contributed by atoms with E-state index in [1.54, 1.807) is 23.1 Å². The van der Waals surface area contributed by atoms with Gasteiger partial charge in [0.1, 0.15) is 11.8 Å². The number of aromatic hydroxyl groups is 1. The monoisotopic (exact) mass is 487 g/mol. The molecule has 1 aliphatic heterocycles. The van der Waals surface area contributed by atoms with Gasteiger partial charge < -0.3 is 21.3 Å². The summed E-state index contributed by atoms with van der Waals surface area (Å²) in [4.78, 5) is 39.4. The number of nitrogens with two attached hydrogens (primary N) is 1. The highest BCUT2D eigenvalue weighted by Crippen LogP contribution is 2.36. The number of phenols is 1. The summed E-state index contributed by atoms with van der Waals surface area (Å²) >= 11 is 0. The second-order valence-electron chi connectivity index (χ2n) is 9.04. The van der Waals surface area contributed by atoms with Crippen molar-refractivity contribution in [2.45, 2.75) is 37.4 Å². The van der Waals surface area contributed by atoms with E-state index < -0.39 is 29.9 Å². The van der Waals surface area contributed by atoms with Crippen molar-refractivity contribution in [1.29, 1.82) is 0 Å². The number of carbonyl (C=O) groups excluding carboxylic acids is 2. The van der Waals surface area contributed by atoms with E-state index in [1.165, 1.54) is 0 Å². The molecular formula is C28H29N3O5. The maximum absolute atomic E-state index is 13.5. The van der Waals surface area contributed by atoms with Crippen LogP contribution in [0.25, 0.3) is 0 Å². The number of primary amides is 1. The van der Waals surface area contributed by atoms with Crippen molar-refractivity contribution < 1.29 is 24.6 Å². The molecule has 8 heteroatoms. The number of carboxylic acid groups (broad SMARTS) is 1. The smallest absolute Gasteiger partial charge is 0.326 e. The lowest BCUT2D eigenvalue weighted by atomic mass is 9.84. The summed E-state index contributed by atoms with van der Waals surface area (Å²) in [6.45, 7) is -0.174. The largest absolute Gasteiger partial charge is 0.508 e. The maximum Gasteiger partial charge on any atom is 0.326 e. The molecule has 4 rings (SSSR count). The minimum Gasteiger partial charge on any atom is -0.508 e. The molecule has 0 aliphatic carbocycles. The predicted octanol–water partition coefficient (Wildman–Crippen LogP) is 2.20. The topological polar surface area (TPSA) is 133 Å². The number of hydrogen-bond donors (Lipinski definition) is 4. The van der Waals surface area contributed by atoms with Gasteiger partial charge in [-0.15, -0.1) is 0 Å². The van der Waals surface area contributed by atoms with Crippen molar-refractivity contribution in [3.63, 3.8) is 0 Å². The van der Waals surface area contributed by atoms with Gasteiger partial charge in [-0.1, -0.05) is 66.7 Å². The standard InChI is InChI=1S/C28H29N3O5/c29-26(33)17-31-24(15-19-9-6-11-21(32)13-19)22-12-5-4-10-20(22)16-25(31)27(34)30-23(28(35)36)14-18-7-2-1-3-8-18/h1-13,23-25,32H,14-17H2,(H2,29,33)(H,30,34)(H,35,36)/t23?,24-,25+/m1/s1. The van der Waals surface area contributed by atoms with Crippen molar-refractivity contribution in [3.8, 4) is 5.75 Å². The van der Waals surface area contributed by atoms with Crippen LogP contribution in [0, 0.1) is 0 Å². The zero-order valence-corrected chi connectivity index (χ0v) is 19.7. The van der Waals surface area contributed by atoms with Gasteiger partial charge in [-0.05, 0) is 47.2 Å². The molecule has 36 heavy (non-hydrogen) atoms. The van der Waals surface area contributed by atoms with Crippen LogP contribution < -0.4 is 11.1 Å². The third kappa shape index (κ3) is 5.90. The zero-order chi connectivity index (χ0) is 25.7. The zero-order valence-electron chi connectivity index (χ0n) is 19.7. The fourth-order valence-electron chi connectivity index (χ4n) is 4.86. The van der Waals surface area contributed by atoms with Gasteiger partial charge in [-0.2, -0.15) is 0 Å². The Labute approximate surface area is 209 Å². The molecular weight excluding hydrogens is 458 g/mol. The van der Waals surface area contributed by atoms with Gasteiger partial charge in [0, 0.05) is 12.5 Å². The number of nitrogens with zero attached hydrogens (tertiary/aromatic N) is 1. The molecule has 3 aromatic carbocycles. The number of carboxylic acids is 1. The van der Waals surface area contributed by atoms with Crippen LogP contribution in [0.15, 0.2) is 78.9 Å². The molecule has 5 N–H and O–H groups in total. The van der Waals surface area contributed by atoms with Crippen LogP contribution >= 0.6 is 0 Å². The number of benzene rings is 3. The van der Waals surface area contributed by atoms with Crippen LogP contribution in [0.5, 0.6) is 5.75 Å². The third-order valence-electron chi connectivity index (χ3n) is 6.51. The fraction of sp³-hybridized carbons (Fsp3) is 0.250. The molecule has 0 bridgehead atoms. The lowest BCUT2D eigenvalue weighted by Crippen LogP contribution is -2.57. The highest BCUT2D eigenvalue weighted by Gasteiger charge is 2.39. The molecule has 1 heterocycles. The fourth-order valence-corrected chi connectivity index (χ4v) is 4.86. The van der Waals surface area contributed by atoms with Gasteiger partial charge in [0.05, 0.1) is 12.6 Å². The minimum atomic E-state index is -1.14.